The van der Waals surface area contributed by atoms with Crippen LogP contribution >= 0.6 is 23.4 Å². The lowest BCUT2D eigenvalue weighted by atomic mass is 10.2. The summed E-state index contributed by atoms with van der Waals surface area (Å²) in [5, 5.41) is 2.03. The molecule has 5 heteroatoms. The van der Waals surface area contributed by atoms with E-state index >= 15 is 0 Å². The first-order chi connectivity index (χ1) is 7.25. The number of nitrogens with two attached hydrogens (primary N) is 1. The van der Waals surface area contributed by atoms with Crippen molar-refractivity contribution < 1.29 is 4.74 Å². The molecule has 0 aliphatic carbocycles. The van der Waals surface area contributed by atoms with Gasteiger partial charge >= 0.3 is 0 Å². The minimum absolute atomic E-state index is 0.565. The number of anilines is 1. The number of rotatable bonds is 2. The van der Waals surface area contributed by atoms with E-state index in [2.05, 4.69) is 4.98 Å². The molecule has 15 heavy (non-hydrogen) atoms. The molecule has 1 aromatic rings. The lowest BCUT2D eigenvalue weighted by molar-refractivity contribution is 0.1000. The molecule has 1 fully saturated rings. The summed E-state index contributed by atoms with van der Waals surface area (Å²) >= 11 is 7.51. The summed E-state index contributed by atoms with van der Waals surface area (Å²) in [5.41, 5.74) is 6.51. The molecular formula is C10H13ClN2OS. The van der Waals surface area contributed by atoms with Crippen LogP contribution in [0.25, 0.3) is 0 Å². The molecular weight excluding hydrogens is 232 g/mol. The van der Waals surface area contributed by atoms with E-state index in [1.807, 2.05) is 0 Å². The van der Waals surface area contributed by atoms with E-state index in [0.717, 1.165) is 31.1 Å². The first-order valence-corrected chi connectivity index (χ1v) is 6.17. The van der Waals surface area contributed by atoms with Gasteiger partial charge in [-0.15, -0.1) is 11.8 Å². The Morgan fingerprint density at radius 1 is 1.47 bits per heavy atom. The van der Waals surface area contributed by atoms with Crippen molar-refractivity contribution in [1.82, 2.24) is 4.98 Å². The summed E-state index contributed by atoms with van der Waals surface area (Å²) in [5.74, 6) is 0. The lowest BCUT2D eigenvalue weighted by Crippen LogP contribution is -2.17. The van der Waals surface area contributed by atoms with Gasteiger partial charge in [0, 0.05) is 24.7 Å². The Labute approximate surface area is 98.3 Å². The largest absolute Gasteiger partial charge is 0.396 e. The maximum absolute atomic E-state index is 5.84. The lowest BCUT2D eigenvalue weighted by Gasteiger charge is -2.21. The Kier molecular flexibility index (Phi) is 3.72. The van der Waals surface area contributed by atoms with Crippen molar-refractivity contribution >= 4 is 29.1 Å². The number of hydrogen-bond donors (Lipinski definition) is 1. The molecule has 0 radical (unpaired) electrons. The van der Waals surface area contributed by atoms with Crippen LogP contribution in [-0.2, 0) is 4.74 Å². The predicted molar refractivity (Wildman–Crippen MR) is 63.4 cm³/mol. The molecule has 3 nitrogen and oxygen atoms in total. The van der Waals surface area contributed by atoms with Crippen LogP contribution in [0.5, 0.6) is 0 Å². The molecule has 0 amide bonds. The van der Waals surface area contributed by atoms with Crippen LogP contribution in [0.1, 0.15) is 12.8 Å². The zero-order valence-electron chi connectivity index (χ0n) is 8.28. The number of ether oxygens (including phenoxy) is 1. The zero-order chi connectivity index (χ0) is 10.7. The van der Waals surface area contributed by atoms with Crippen molar-refractivity contribution in [3.63, 3.8) is 0 Å². The van der Waals surface area contributed by atoms with Crippen molar-refractivity contribution in [2.75, 3.05) is 18.9 Å². The molecule has 0 unspecified atom stereocenters. The number of pyridine rings is 1. The van der Waals surface area contributed by atoms with Gasteiger partial charge in [0.05, 0.1) is 10.7 Å². The van der Waals surface area contributed by atoms with E-state index in [0.29, 0.717) is 16.0 Å². The Balaban J connectivity index is 2.03. The van der Waals surface area contributed by atoms with Gasteiger partial charge in [0.25, 0.3) is 0 Å². The van der Waals surface area contributed by atoms with E-state index in [1.165, 1.54) is 0 Å². The summed E-state index contributed by atoms with van der Waals surface area (Å²) in [7, 11) is 0. The van der Waals surface area contributed by atoms with Crippen LogP contribution in [0, 0.1) is 0 Å². The minimum atomic E-state index is 0.565. The second-order valence-corrected chi connectivity index (χ2v) is 5.20. The van der Waals surface area contributed by atoms with Gasteiger partial charge in [-0.3, -0.25) is 0 Å². The molecule has 1 aliphatic rings. The second-order valence-electron chi connectivity index (χ2n) is 3.48. The fourth-order valence-electron chi connectivity index (χ4n) is 1.49. The van der Waals surface area contributed by atoms with Crippen molar-refractivity contribution in [2.24, 2.45) is 0 Å². The summed E-state index contributed by atoms with van der Waals surface area (Å²) in [6.45, 7) is 1.68. The third-order valence-corrected chi connectivity index (χ3v) is 3.87. The predicted octanol–water partition coefficient (Wildman–Crippen LogP) is 2.59. The fraction of sp³-hybridized carbons (Fsp3) is 0.500. The SMILES string of the molecule is Nc1cc(Cl)cnc1SC1CCOCC1. The summed E-state index contributed by atoms with van der Waals surface area (Å²) < 4.78 is 5.30. The topological polar surface area (TPSA) is 48.1 Å². The standard InChI is InChI=1S/C10H13ClN2OS/c11-7-5-9(12)10(13-6-7)15-8-1-3-14-4-2-8/h5-6,8H,1-4,12H2. The molecule has 82 valence electrons. The summed E-state index contributed by atoms with van der Waals surface area (Å²) in [6.07, 6.45) is 3.77. The van der Waals surface area contributed by atoms with E-state index in [-0.39, 0.29) is 0 Å². The highest BCUT2D eigenvalue weighted by molar-refractivity contribution is 8.00. The first-order valence-electron chi connectivity index (χ1n) is 4.91. The van der Waals surface area contributed by atoms with Crippen LogP contribution < -0.4 is 5.73 Å². The van der Waals surface area contributed by atoms with Gasteiger partial charge in [0.1, 0.15) is 5.03 Å². The third kappa shape index (κ3) is 3.00. The van der Waals surface area contributed by atoms with Gasteiger partial charge in [-0.05, 0) is 18.9 Å². The van der Waals surface area contributed by atoms with Crippen molar-refractivity contribution in [3.05, 3.63) is 17.3 Å². The number of nitrogens with zero attached hydrogens (tertiary/aromatic N) is 1. The normalized spacial score (nSPS) is 17.9. The Hall–Kier alpha value is -0.450. The molecule has 2 rings (SSSR count). The highest BCUT2D eigenvalue weighted by Crippen LogP contribution is 2.32. The Morgan fingerprint density at radius 2 is 2.20 bits per heavy atom. The van der Waals surface area contributed by atoms with Crippen LogP contribution in [0.3, 0.4) is 0 Å². The zero-order valence-corrected chi connectivity index (χ0v) is 9.85. The summed E-state index contributed by atoms with van der Waals surface area (Å²) in [4.78, 5) is 4.24. The number of thioether (sulfide) groups is 1. The summed E-state index contributed by atoms with van der Waals surface area (Å²) in [6, 6.07) is 1.75. The average Bonchev–Trinajstić information content (AvgIpc) is 2.24. The minimum Gasteiger partial charge on any atom is -0.396 e. The molecule has 1 aromatic heterocycles. The number of aromatic nitrogens is 1. The molecule has 0 saturated carbocycles. The number of halogens is 1. The van der Waals surface area contributed by atoms with Gasteiger partial charge in [0.2, 0.25) is 0 Å². The van der Waals surface area contributed by atoms with Gasteiger partial charge < -0.3 is 10.5 Å². The van der Waals surface area contributed by atoms with Gasteiger partial charge in [-0.1, -0.05) is 11.6 Å². The van der Waals surface area contributed by atoms with E-state index < -0.39 is 0 Å². The monoisotopic (exact) mass is 244 g/mol. The molecule has 1 saturated heterocycles. The maximum Gasteiger partial charge on any atom is 0.119 e. The number of nitrogen functional groups attached to an aromatic ring is 1. The van der Waals surface area contributed by atoms with Gasteiger partial charge in [0.15, 0.2) is 0 Å². The van der Waals surface area contributed by atoms with E-state index in [4.69, 9.17) is 22.1 Å². The highest BCUT2D eigenvalue weighted by atomic mass is 35.5. The third-order valence-electron chi connectivity index (χ3n) is 2.29. The Morgan fingerprint density at radius 3 is 2.87 bits per heavy atom. The number of hydrogen-bond acceptors (Lipinski definition) is 4. The molecule has 2 heterocycles. The van der Waals surface area contributed by atoms with Crippen molar-refractivity contribution in [2.45, 2.75) is 23.1 Å². The molecule has 0 aromatic carbocycles. The Bertz CT molecular complexity index is 342. The molecule has 0 atom stereocenters. The quantitative estimate of drug-likeness (QED) is 0.869. The second kappa shape index (κ2) is 5.05. The van der Waals surface area contributed by atoms with E-state index in [9.17, 15) is 0 Å². The molecule has 1 aliphatic heterocycles. The molecule has 0 spiro atoms. The van der Waals surface area contributed by atoms with E-state index in [1.54, 1.807) is 24.0 Å². The van der Waals surface area contributed by atoms with Crippen LogP contribution in [0.15, 0.2) is 17.3 Å². The highest BCUT2D eigenvalue weighted by Gasteiger charge is 2.16. The van der Waals surface area contributed by atoms with Crippen molar-refractivity contribution in [3.8, 4) is 0 Å². The average molecular weight is 245 g/mol. The maximum atomic E-state index is 5.84. The first kappa shape index (κ1) is 11.0. The van der Waals surface area contributed by atoms with Crippen LogP contribution in [0.4, 0.5) is 5.69 Å². The van der Waals surface area contributed by atoms with Gasteiger partial charge in [-0.2, -0.15) is 0 Å². The molecule has 2 N–H and O–H groups in total. The van der Waals surface area contributed by atoms with Crippen molar-refractivity contribution in [1.29, 1.82) is 0 Å². The van der Waals surface area contributed by atoms with Gasteiger partial charge in [-0.25, -0.2) is 4.98 Å². The van der Waals surface area contributed by atoms with Crippen LogP contribution in [0.2, 0.25) is 5.02 Å². The fourth-order valence-corrected chi connectivity index (χ4v) is 2.71. The molecule has 0 bridgehead atoms. The van der Waals surface area contributed by atoms with Crippen LogP contribution in [-0.4, -0.2) is 23.4 Å². The smallest absolute Gasteiger partial charge is 0.119 e.